The van der Waals surface area contributed by atoms with Crippen LogP contribution in [0.3, 0.4) is 0 Å². The van der Waals surface area contributed by atoms with Gasteiger partial charge in [0.1, 0.15) is 24.1 Å². The van der Waals surface area contributed by atoms with E-state index in [0.717, 1.165) is 55.3 Å². The minimum atomic E-state index is -0.475. The molecule has 2 aliphatic rings. The molecule has 0 aliphatic carbocycles. The van der Waals surface area contributed by atoms with Crippen LogP contribution in [0.4, 0.5) is 10.2 Å². The van der Waals surface area contributed by atoms with E-state index < -0.39 is 5.82 Å². The third kappa shape index (κ3) is 5.96. The number of imidazole rings is 1. The van der Waals surface area contributed by atoms with Crippen LogP contribution in [0.15, 0.2) is 54.6 Å². The number of hydrogen-bond acceptors (Lipinski definition) is 9. The van der Waals surface area contributed by atoms with Gasteiger partial charge in [0.2, 0.25) is 5.88 Å². The molecule has 6 rings (SSSR count). The van der Waals surface area contributed by atoms with Crippen molar-refractivity contribution in [3.05, 3.63) is 82.9 Å². The number of hydrogen-bond donors (Lipinski definition) is 0. The van der Waals surface area contributed by atoms with Crippen molar-refractivity contribution in [3.8, 4) is 11.9 Å². The quantitative estimate of drug-likeness (QED) is 0.250. The Morgan fingerprint density at radius 2 is 2.02 bits per heavy atom. The van der Waals surface area contributed by atoms with Crippen molar-refractivity contribution in [2.45, 2.75) is 51.6 Å². The fourth-order valence-corrected chi connectivity index (χ4v) is 5.98. The summed E-state index contributed by atoms with van der Waals surface area (Å²) >= 11 is 0. The fraction of sp³-hybridized carbons (Fsp3) is 0.394. The summed E-state index contributed by atoms with van der Waals surface area (Å²) < 4.78 is 33.1. The van der Waals surface area contributed by atoms with Crippen molar-refractivity contribution in [1.29, 1.82) is 5.26 Å². The number of ether oxygens (including phenoxy) is 3. The summed E-state index contributed by atoms with van der Waals surface area (Å²) in [6.07, 6.45) is 1.13. The van der Waals surface area contributed by atoms with E-state index in [0.29, 0.717) is 23.6 Å². The molecular weight excluding hydrogens is 563 g/mol. The van der Waals surface area contributed by atoms with E-state index in [4.69, 9.17) is 29.4 Å². The van der Waals surface area contributed by atoms with Crippen molar-refractivity contribution in [1.82, 2.24) is 19.4 Å². The van der Waals surface area contributed by atoms with Gasteiger partial charge >= 0.3 is 5.97 Å². The van der Waals surface area contributed by atoms with Crippen LogP contribution in [0.2, 0.25) is 0 Å². The van der Waals surface area contributed by atoms with E-state index in [1.165, 1.54) is 13.2 Å². The molecule has 0 radical (unpaired) electrons. The molecule has 0 spiro atoms. The van der Waals surface area contributed by atoms with Crippen LogP contribution in [0.5, 0.6) is 5.88 Å². The number of piperazine rings is 1. The SMILES string of the molecule is COC(=O)c1ccc2nc(C(C)N3CCN(c4cccc(OCc5ccc(C#N)cc5F)n4)C[C@@H]3C)n(C[C@@H]3CCO3)c2c1. The summed E-state index contributed by atoms with van der Waals surface area (Å²) in [5.74, 6) is 1.31. The Morgan fingerprint density at radius 3 is 2.73 bits per heavy atom. The van der Waals surface area contributed by atoms with Gasteiger partial charge in [-0.2, -0.15) is 10.2 Å². The monoisotopic (exact) mass is 598 g/mol. The van der Waals surface area contributed by atoms with Gasteiger partial charge in [0.15, 0.2) is 0 Å². The lowest BCUT2D eigenvalue weighted by Gasteiger charge is -2.43. The summed E-state index contributed by atoms with van der Waals surface area (Å²) in [6.45, 7) is 8.15. The zero-order valence-corrected chi connectivity index (χ0v) is 25.1. The number of pyridine rings is 1. The van der Waals surface area contributed by atoms with Crippen LogP contribution in [0.25, 0.3) is 11.0 Å². The number of rotatable bonds is 9. The first-order valence-corrected chi connectivity index (χ1v) is 14.8. The molecule has 0 saturated carbocycles. The van der Waals surface area contributed by atoms with Gasteiger partial charge in [-0.15, -0.1) is 0 Å². The number of nitriles is 1. The second-order valence-corrected chi connectivity index (χ2v) is 11.3. The topological polar surface area (TPSA) is 106 Å². The van der Waals surface area contributed by atoms with E-state index in [2.05, 4.69) is 28.2 Å². The first-order valence-electron chi connectivity index (χ1n) is 14.8. The lowest BCUT2D eigenvalue weighted by Crippen LogP contribution is -2.53. The van der Waals surface area contributed by atoms with E-state index >= 15 is 0 Å². The minimum absolute atomic E-state index is 0.0176. The van der Waals surface area contributed by atoms with Gasteiger partial charge in [0, 0.05) is 43.9 Å². The van der Waals surface area contributed by atoms with E-state index in [-0.39, 0.29) is 36.3 Å². The molecule has 2 fully saturated rings. The normalized spacial score (nSPS) is 19.3. The molecule has 11 heteroatoms. The van der Waals surface area contributed by atoms with Gasteiger partial charge in [-0.1, -0.05) is 12.1 Å². The highest BCUT2D eigenvalue weighted by Crippen LogP contribution is 2.31. The van der Waals surface area contributed by atoms with Crippen molar-refractivity contribution in [2.75, 3.05) is 38.3 Å². The van der Waals surface area contributed by atoms with Crippen molar-refractivity contribution in [3.63, 3.8) is 0 Å². The molecule has 0 bridgehead atoms. The van der Waals surface area contributed by atoms with Crippen LogP contribution in [0.1, 0.15) is 53.6 Å². The predicted molar refractivity (Wildman–Crippen MR) is 162 cm³/mol. The second-order valence-electron chi connectivity index (χ2n) is 11.3. The molecule has 44 heavy (non-hydrogen) atoms. The molecule has 2 aromatic heterocycles. The summed E-state index contributed by atoms with van der Waals surface area (Å²) in [5.41, 5.74) is 2.87. The van der Waals surface area contributed by atoms with Crippen LogP contribution in [0, 0.1) is 17.1 Å². The third-order valence-electron chi connectivity index (χ3n) is 8.52. The number of halogens is 1. The average Bonchev–Trinajstić information content (AvgIpc) is 3.39. The minimum Gasteiger partial charge on any atom is -0.473 e. The summed E-state index contributed by atoms with van der Waals surface area (Å²) in [7, 11) is 1.39. The Kier molecular flexibility index (Phi) is 8.46. The molecule has 4 aromatic rings. The lowest BCUT2D eigenvalue weighted by atomic mass is 10.1. The maximum absolute atomic E-state index is 14.3. The molecule has 2 aromatic carbocycles. The summed E-state index contributed by atoms with van der Waals surface area (Å²) in [4.78, 5) is 26.7. The van der Waals surface area contributed by atoms with Gasteiger partial charge in [-0.3, -0.25) is 4.90 Å². The molecule has 1 unspecified atom stereocenters. The number of nitrogens with zero attached hydrogens (tertiary/aromatic N) is 6. The largest absolute Gasteiger partial charge is 0.473 e. The van der Waals surface area contributed by atoms with Gasteiger partial charge in [0.05, 0.1) is 54.0 Å². The molecule has 0 N–H and O–H groups in total. The molecular formula is C33H35FN6O4. The molecule has 2 saturated heterocycles. The predicted octanol–water partition coefficient (Wildman–Crippen LogP) is 4.87. The van der Waals surface area contributed by atoms with Crippen molar-refractivity contribution < 1.29 is 23.4 Å². The third-order valence-corrected chi connectivity index (χ3v) is 8.52. The number of benzene rings is 2. The van der Waals surface area contributed by atoms with Gasteiger partial charge < -0.3 is 23.7 Å². The van der Waals surface area contributed by atoms with Crippen molar-refractivity contribution in [2.24, 2.45) is 0 Å². The lowest BCUT2D eigenvalue weighted by molar-refractivity contribution is -0.0595. The van der Waals surface area contributed by atoms with E-state index in [9.17, 15) is 9.18 Å². The molecule has 4 heterocycles. The summed E-state index contributed by atoms with van der Waals surface area (Å²) in [5, 5.41) is 8.97. The standard InChI is InChI=1S/C33H35FN6O4/c1-21-18-38(30-5-4-6-31(37-30)44-20-25-8-7-23(17-35)15-27(25)34)12-13-39(21)22(2)32-36-28-10-9-24(33(41)42-3)16-29(28)40(32)19-26-11-14-43-26/h4-10,15-16,21-22,26H,11-14,18-20H2,1-3H3/t21-,22?,26-/m0/s1. The number of carbonyl (C=O) groups is 1. The zero-order chi connectivity index (χ0) is 30.8. The Bertz CT molecular complexity index is 1710. The van der Waals surface area contributed by atoms with E-state index in [1.807, 2.05) is 30.3 Å². The maximum atomic E-state index is 14.3. The summed E-state index contributed by atoms with van der Waals surface area (Å²) in [6, 6.07) is 17.6. The number of esters is 1. The Balaban J connectivity index is 1.16. The number of anilines is 1. The first-order chi connectivity index (χ1) is 21.3. The van der Waals surface area contributed by atoms with Crippen LogP contribution in [-0.4, -0.2) is 70.9 Å². The molecule has 3 atom stereocenters. The number of aromatic nitrogens is 3. The number of fused-ring (bicyclic) bond motifs is 1. The fourth-order valence-electron chi connectivity index (χ4n) is 5.98. The van der Waals surface area contributed by atoms with Gasteiger partial charge in [-0.05, 0) is 56.7 Å². The highest BCUT2D eigenvalue weighted by molar-refractivity contribution is 5.93. The highest BCUT2D eigenvalue weighted by atomic mass is 19.1. The molecule has 10 nitrogen and oxygen atoms in total. The van der Waals surface area contributed by atoms with Crippen LogP contribution in [-0.2, 0) is 22.6 Å². The maximum Gasteiger partial charge on any atom is 0.337 e. The highest BCUT2D eigenvalue weighted by Gasteiger charge is 2.32. The van der Waals surface area contributed by atoms with E-state index in [1.54, 1.807) is 24.3 Å². The first kappa shape index (κ1) is 29.5. The average molecular weight is 599 g/mol. The Morgan fingerprint density at radius 1 is 1.18 bits per heavy atom. The van der Waals surface area contributed by atoms with Gasteiger partial charge in [0.25, 0.3) is 0 Å². The van der Waals surface area contributed by atoms with Crippen LogP contribution >= 0.6 is 0 Å². The smallest absolute Gasteiger partial charge is 0.337 e. The number of methoxy groups -OCH3 is 1. The Hall–Kier alpha value is -4.53. The second kappa shape index (κ2) is 12.6. The molecule has 228 valence electrons. The van der Waals surface area contributed by atoms with Crippen molar-refractivity contribution >= 4 is 22.8 Å². The zero-order valence-electron chi connectivity index (χ0n) is 25.1. The van der Waals surface area contributed by atoms with Gasteiger partial charge in [-0.25, -0.2) is 14.2 Å². The molecule has 0 amide bonds. The Labute approximate surface area is 255 Å². The molecule has 2 aliphatic heterocycles. The number of carbonyl (C=O) groups excluding carboxylic acids is 1. The van der Waals surface area contributed by atoms with Crippen LogP contribution < -0.4 is 9.64 Å².